The molecule has 19 heavy (non-hydrogen) atoms. The largest absolute Gasteiger partial charge is 0.397 e. The molecule has 96 valence electrons. The lowest BCUT2D eigenvalue weighted by atomic mass is 10.2. The van der Waals surface area contributed by atoms with Gasteiger partial charge in [0.1, 0.15) is 11.9 Å². The van der Waals surface area contributed by atoms with Crippen LogP contribution in [0.1, 0.15) is 11.1 Å². The lowest BCUT2D eigenvalue weighted by molar-refractivity contribution is 0.892. The highest BCUT2D eigenvalue weighted by molar-refractivity contribution is 9.10. The Labute approximate surface area is 120 Å². The van der Waals surface area contributed by atoms with Gasteiger partial charge in [0.05, 0.1) is 17.4 Å². The van der Waals surface area contributed by atoms with Crippen LogP contribution in [0.15, 0.2) is 41.0 Å². The fourth-order valence-corrected chi connectivity index (χ4v) is 2.23. The number of halogens is 1. The van der Waals surface area contributed by atoms with Crippen LogP contribution in [0.5, 0.6) is 0 Å². The number of anilines is 2. The Bertz CT molecular complexity index is 634. The molecule has 0 amide bonds. The summed E-state index contributed by atoms with van der Waals surface area (Å²) in [4.78, 5) is 6.17. The van der Waals surface area contributed by atoms with Gasteiger partial charge in [-0.1, -0.05) is 34.1 Å². The van der Waals surface area contributed by atoms with Crippen LogP contribution >= 0.6 is 15.9 Å². The van der Waals surface area contributed by atoms with Gasteiger partial charge >= 0.3 is 0 Å². The van der Waals surface area contributed by atoms with Crippen molar-refractivity contribution >= 4 is 27.4 Å². The number of pyridine rings is 1. The van der Waals surface area contributed by atoms with Crippen LogP contribution in [-0.4, -0.2) is 12.0 Å². The normalized spacial score (nSPS) is 9.95. The molecule has 1 aromatic carbocycles. The van der Waals surface area contributed by atoms with Crippen LogP contribution in [0.3, 0.4) is 0 Å². The predicted molar refractivity (Wildman–Crippen MR) is 79.6 cm³/mol. The molecule has 0 saturated heterocycles. The van der Waals surface area contributed by atoms with Crippen molar-refractivity contribution in [1.82, 2.24) is 4.98 Å². The lowest BCUT2D eigenvalue weighted by Gasteiger charge is -2.20. The van der Waals surface area contributed by atoms with Crippen molar-refractivity contribution in [2.75, 3.05) is 17.7 Å². The van der Waals surface area contributed by atoms with Gasteiger partial charge in [-0.25, -0.2) is 4.98 Å². The van der Waals surface area contributed by atoms with Crippen LogP contribution in [0.25, 0.3) is 0 Å². The van der Waals surface area contributed by atoms with Crippen LogP contribution in [0.2, 0.25) is 0 Å². The van der Waals surface area contributed by atoms with Gasteiger partial charge in [-0.15, -0.1) is 0 Å². The Balaban J connectivity index is 2.28. The first-order valence-corrected chi connectivity index (χ1v) is 6.51. The van der Waals surface area contributed by atoms with Gasteiger partial charge < -0.3 is 10.6 Å². The van der Waals surface area contributed by atoms with E-state index in [1.807, 2.05) is 36.2 Å². The zero-order valence-corrected chi connectivity index (χ0v) is 12.1. The summed E-state index contributed by atoms with van der Waals surface area (Å²) in [6.07, 6.45) is 1.56. The maximum atomic E-state index is 9.13. The summed E-state index contributed by atoms with van der Waals surface area (Å²) in [5, 5.41) is 9.13. The maximum Gasteiger partial charge on any atom is 0.146 e. The Kier molecular flexibility index (Phi) is 4.03. The summed E-state index contributed by atoms with van der Waals surface area (Å²) in [6.45, 7) is 0.660. The molecule has 0 bridgehead atoms. The number of nitrogens with zero attached hydrogens (tertiary/aromatic N) is 3. The zero-order chi connectivity index (χ0) is 13.8. The summed E-state index contributed by atoms with van der Waals surface area (Å²) < 4.78 is 1.04. The van der Waals surface area contributed by atoms with Crippen molar-refractivity contribution in [2.24, 2.45) is 0 Å². The quantitative estimate of drug-likeness (QED) is 0.945. The van der Waals surface area contributed by atoms with Gasteiger partial charge in [-0.2, -0.15) is 5.26 Å². The molecule has 0 aliphatic carbocycles. The number of nitrogens with two attached hydrogens (primary N) is 1. The van der Waals surface area contributed by atoms with Crippen LogP contribution in [-0.2, 0) is 6.54 Å². The third-order valence-corrected chi connectivity index (χ3v) is 3.51. The summed E-state index contributed by atoms with van der Waals surface area (Å²) in [5.74, 6) is 0.632. The van der Waals surface area contributed by atoms with E-state index in [1.165, 1.54) is 0 Å². The number of rotatable bonds is 3. The molecule has 5 heteroatoms. The fraction of sp³-hybridized carbons (Fsp3) is 0.143. The molecule has 0 aliphatic heterocycles. The van der Waals surface area contributed by atoms with E-state index < -0.39 is 0 Å². The predicted octanol–water partition coefficient (Wildman–Crippen LogP) is 2.93. The molecule has 2 N–H and O–H groups in total. The number of hydrogen-bond acceptors (Lipinski definition) is 4. The smallest absolute Gasteiger partial charge is 0.146 e. The van der Waals surface area contributed by atoms with Crippen LogP contribution in [0.4, 0.5) is 11.5 Å². The molecule has 2 rings (SSSR count). The van der Waals surface area contributed by atoms with Crippen molar-refractivity contribution in [3.63, 3.8) is 0 Å². The third-order valence-electron chi connectivity index (χ3n) is 2.74. The highest BCUT2D eigenvalue weighted by Crippen LogP contribution is 2.22. The molecule has 0 aliphatic rings. The van der Waals surface area contributed by atoms with Crippen molar-refractivity contribution in [2.45, 2.75) is 6.54 Å². The van der Waals surface area contributed by atoms with E-state index in [0.29, 0.717) is 23.6 Å². The molecule has 4 nitrogen and oxygen atoms in total. The first-order valence-electron chi connectivity index (χ1n) is 5.72. The summed E-state index contributed by atoms with van der Waals surface area (Å²) in [5.41, 5.74) is 7.75. The average molecular weight is 317 g/mol. The molecular weight excluding hydrogens is 304 g/mol. The number of benzene rings is 1. The van der Waals surface area contributed by atoms with Gasteiger partial charge in [0.15, 0.2) is 0 Å². The standard InChI is InChI=1S/C14H13BrN4/c1-19(9-10-4-2-3-5-13(10)15)14-11(7-16)6-12(17)8-18-14/h2-6,8H,9,17H2,1H3. The van der Waals surface area contributed by atoms with E-state index in [4.69, 9.17) is 11.0 Å². The van der Waals surface area contributed by atoms with Gasteiger partial charge in [0.2, 0.25) is 0 Å². The number of aromatic nitrogens is 1. The molecule has 1 aromatic heterocycles. The lowest BCUT2D eigenvalue weighted by Crippen LogP contribution is -2.19. The molecule has 2 aromatic rings. The van der Waals surface area contributed by atoms with E-state index in [1.54, 1.807) is 12.3 Å². The summed E-state index contributed by atoms with van der Waals surface area (Å²) in [7, 11) is 1.90. The first-order chi connectivity index (χ1) is 9.11. The highest BCUT2D eigenvalue weighted by Gasteiger charge is 2.11. The second-order valence-electron chi connectivity index (χ2n) is 4.20. The number of hydrogen-bond donors (Lipinski definition) is 1. The average Bonchev–Trinajstić information content (AvgIpc) is 2.41. The first kappa shape index (κ1) is 13.4. The third kappa shape index (κ3) is 3.04. The minimum absolute atomic E-state index is 0.481. The van der Waals surface area contributed by atoms with E-state index in [-0.39, 0.29) is 0 Å². The molecule has 0 saturated carbocycles. The van der Waals surface area contributed by atoms with Gasteiger partial charge in [0.25, 0.3) is 0 Å². The van der Waals surface area contributed by atoms with Crippen molar-refractivity contribution in [3.8, 4) is 6.07 Å². The second kappa shape index (κ2) is 5.72. The zero-order valence-electron chi connectivity index (χ0n) is 10.5. The summed E-state index contributed by atoms with van der Waals surface area (Å²) in [6, 6.07) is 11.7. The number of nitriles is 1. The molecule has 0 unspecified atom stereocenters. The minimum atomic E-state index is 0.481. The Morgan fingerprint density at radius 1 is 1.42 bits per heavy atom. The van der Waals surface area contributed by atoms with Crippen molar-refractivity contribution < 1.29 is 0 Å². The molecule has 0 spiro atoms. The van der Waals surface area contributed by atoms with Gasteiger partial charge in [-0.05, 0) is 17.7 Å². The molecular formula is C14H13BrN4. The summed E-state index contributed by atoms with van der Waals surface area (Å²) >= 11 is 3.51. The van der Waals surface area contributed by atoms with E-state index in [9.17, 15) is 0 Å². The number of nitrogen functional groups attached to an aromatic ring is 1. The van der Waals surface area contributed by atoms with Crippen molar-refractivity contribution in [3.05, 3.63) is 52.1 Å². The van der Waals surface area contributed by atoms with Gasteiger partial charge in [-0.3, -0.25) is 0 Å². The van der Waals surface area contributed by atoms with E-state index in [2.05, 4.69) is 27.0 Å². The van der Waals surface area contributed by atoms with E-state index in [0.717, 1.165) is 10.0 Å². The molecule has 0 fully saturated rings. The van der Waals surface area contributed by atoms with Crippen LogP contribution < -0.4 is 10.6 Å². The fourth-order valence-electron chi connectivity index (χ4n) is 1.82. The molecule has 1 heterocycles. The SMILES string of the molecule is CN(Cc1ccccc1Br)c1ncc(N)cc1C#N. The Morgan fingerprint density at radius 2 is 2.16 bits per heavy atom. The van der Waals surface area contributed by atoms with Crippen LogP contribution in [0, 0.1) is 11.3 Å². The maximum absolute atomic E-state index is 9.13. The van der Waals surface area contributed by atoms with Crippen molar-refractivity contribution in [1.29, 1.82) is 5.26 Å². The Morgan fingerprint density at radius 3 is 2.84 bits per heavy atom. The highest BCUT2D eigenvalue weighted by atomic mass is 79.9. The van der Waals surface area contributed by atoms with E-state index >= 15 is 0 Å². The molecule has 0 radical (unpaired) electrons. The monoisotopic (exact) mass is 316 g/mol. The minimum Gasteiger partial charge on any atom is -0.397 e. The second-order valence-corrected chi connectivity index (χ2v) is 5.05. The molecule has 0 atom stereocenters. The van der Waals surface area contributed by atoms with Gasteiger partial charge in [0, 0.05) is 18.1 Å². The topological polar surface area (TPSA) is 65.9 Å². The Hall–Kier alpha value is -2.06.